The summed E-state index contributed by atoms with van der Waals surface area (Å²) in [4.78, 5) is 11.2. The van der Waals surface area contributed by atoms with Gasteiger partial charge in [-0.2, -0.15) is 0 Å². The number of nitrogens with one attached hydrogen (secondary N) is 1. The molecule has 1 fully saturated rings. The van der Waals surface area contributed by atoms with Crippen molar-refractivity contribution in [3.05, 3.63) is 54.1 Å². The Morgan fingerprint density at radius 2 is 2.12 bits per heavy atom. The van der Waals surface area contributed by atoms with E-state index >= 15 is 0 Å². The second kappa shape index (κ2) is 4.79. The minimum atomic E-state index is 0.130. The SMILES string of the molecule is C=C/C(=C/c1ccccc1)C1CCC(=O)N1. The standard InChI is InChI=1S/C14H15NO/c1-2-12(13-8-9-14(16)15-13)10-11-6-4-3-5-7-11/h2-7,10,13H,1,8-9H2,(H,15,16)/b12-10-. The summed E-state index contributed by atoms with van der Waals surface area (Å²) in [5.74, 6) is 0.130. The maximum Gasteiger partial charge on any atom is 0.220 e. The first-order valence-electron chi connectivity index (χ1n) is 5.48. The van der Waals surface area contributed by atoms with Crippen molar-refractivity contribution in [2.75, 3.05) is 0 Å². The maximum atomic E-state index is 11.2. The van der Waals surface area contributed by atoms with Gasteiger partial charge < -0.3 is 5.32 Å². The minimum Gasteiger partial charge on any atom is -0.349 e. The third-order valence-electron chi connectivity index (χ3n) is 2.77. The zero-order chi connectivity index (χ0) is 11.4. The lowest BCUT2D eigenvalue weighted by molar-refractivity contribution is -0.119. The number of carbonyl (C=O) groups is 1. The minimum absolute atomic E-state index is 0.130. The molecule has 0 saturated carbocycles. The largest absolute Gasteiger partial charge is 0.349 e. The molecular weight excluding hydrogens is 198 g/mol. The number of carbonyl (C=O) groups excluding carboxylic acids is 1. The van der Waals surface area contributed by atoms with Crippen molar-refractivity contribution in [2.24, 2.45) is 0 Å². The van der Waals surface area contributed by atoms with E-state index in [-0.39, 0.29) is 11.9 Å². The highest BCUT2D eigenvalue weighted by Gasteiger charge is 2.22. The van der Waals surface area contributed by atoms with E-state index in [9.17, 15) is 4.79 Å². The van der Waals surface area contributed by atoms with Gasteiger partial charge in [-0.1, -0.05) is 43.0 Å². The van der Waals surface area contributed by atoms with Gasteiger partial charge in [0.05, 0.1) is 6.04 Å². The molecule has 16 heavy (non-hydrogen) atoms. The fourth-order valence-electron chi connectivity index (χ4n) is 1.91. The quantitative estimate of drug-likeness (QED) is 0.768. The molecule has 1 unspecified atom stereocenters. The number of rotatable bonds is 3. The Morgan fingerprint density at radius 3 is 2.69 bits per heavy atom. The van der Waals surface area contributed by atoms with Gasteiger partial charge in [-0.25, -0.2) is 0 Å². The summed E-state index contributed by atoms with van der Waals surface area (Å²) in [5, 5.41) is 2.95. The van der Waals surface area contributed by atoms with Gasteiger partial charge >= 0.3 is 0 Å². The number of benzene rings is 1. The fourth-order valence-corrected chi connectivity index (χ4v) is 1.91. The van der Waals surface area contributed by atoms with E-state index in [1.54, 1.807) is 0 Å². The zero-order valence-corrected chi connectivity index (χ0v) is 9.15. The monoisotopic (exact) mass is 213 g/mol. The molecule has 2 nitrogen and oxygen atoms in total. The van der Waals surface area contributed by atoms with Crippen molar-refractivity contribution in [1.29, 1.82) is 0 Å². The third-order valence-corrected chi connectivity index (χ3v) is 2.77. The van der Waals surface area contributed by atoms with Crippen LogP contribution in [-0.4, -0.2) is 11.9 Å². The van der Waals surface area contributed by atoms with Gasteiger partial charge in [-0.15, -0.1) is 0 Å². The second-order valence-electron chi connectivity index (χ2n) is 3.92. The van der Waals surface area contributed by atoms with E-state index in [1.165, 1.54) is 0 Å². The summed E-state index contributed by atoms with van der Waals surface area (Å²) < 4.78 is 0. The Bertz CT molecular complexity index is 420. The van der Waals surface area contributed by atoms with Crippen LogP contribution in [0, 0.1) is 0 Å². The lowest BCUT2D eigenvalue weighted by Gasteiger charge is -2.11. The summed E-state index contributed by atoms with van der Waals surface area (Å²) in [6.45, 7) is 3.81. The van der Waals surface area contributed by atoms with E-state index in [0.29, 0.717) is 6.42 Å². The number of hydrogen-bond donors (Lipinski definition) is 1. The molecule has 0 spiro atoms. The first-order valence-corrected chi connectivity index (χ1v) is 5.48. The van der Waals surface area contributed by atoms with Crippen LogP contribution in [0.3, 0.4) is 0 Å². The predicted octanol–water partition coefficient (Wildman–Crippen LogP) is 2.53. The summed E-state index contributed by atoms with van der Waals surface area (Å²) >= 11 is 0. The molecule has 0 bridgehead atoms. The molecule has 0 aliphatic carbocycles. The van der Waals surface area contributed by atoms with E-state index in [4.69, 9.17) is 0 Å². The normalized spacial score (nSPS) is 20.6. The van der Waals surface area contributed by atoms with Gasteiger partial charge in [0, 0.05) is 6.42 Å². The van der Waals surface area contributed by atoms with E-state index in [2.05, 4.69) is 18.0 Å². The molecule has 1 saturated heterocycles. The van der Waals surface area contributed by atoms with Crippen LogP contribution in [0.2, 0.25) is 0 Å². The molecular formula is C14H15NO. The molecule has 1 amide bonds. The van der Waals surface area contributed by atoms with Crippen LogP contribution in [0.15, 0.2) is 48.6 Å². The molecule has 1 aromatic carbocycles. The molecule has 2 heteroatoms. The van der Waals surface area contributed by atoms with Crippen LogP contribution >= 0.6 is 0 Å². The van der Waals surface area contributed by atoms with Crippen molar-refractivity contribution >= 4 is 12.0 Å². The topological polar surface area (TPSA) is 29.1 Å². The molecule has 0 aromatic heterocycles. The molecule has 1 aliphatic rings. The van der Waals surface area contributed by atoms with Gasteiger partial charge in [-0.05, 0) is 23.6 Å². The Kier molecular flexibility index (Phi) is 3.20. The van der Waals surface area contributed by atoms with Gasteiger partial charge in [0.2, 0.25) is 5.91 Å². The lowest BCUT2D eigenvalue weighted by atomic mass is 10.0. The first-order chi connectivity index (χ1) is 7.79. The maximum absolute atomic E-state index is 11.2. The number of amides is 1. The van der Waals surface area contributed by atoms with Crippen molar-refractivity contribution in [3.8, 4) is 0 Å². The highest BCUT2D eigenvalue weighted by atomic mass is 16.1. The smallest absolute Gasteiger partial charge is 0.220 e. The zero-order valence-electron chi connectivity index (χ0n) is 9.15. The molecule has 1 aromatic rings. The Labute approximate surface area is 95.7 Å². The molecule has 1 atom stereocenters. The van der Waals surface area contributed by atoms with Crippen molar-refractivity contribution in [3.63, 3.8) is 0 Å². The summed E-state index contributed by atoms with van der Waals surface area (Å²) in [6, 6.07) is 10.2. The van der Waals surface area contributed by atoms with E-state index in [0.717, 1.165) is 17.6 Å². The molecule has 1 N–H and O–H groups in total. The van der Waals surface area contributed by atoms with Crippen LogP contribution in [-0.2, 0) is 4.79 Å². The van der Waals surface area contributed by atoms with Gasteiger partial charge in [0.25, 0.3) is 0 Å². The molecule has 1 heterocycles. The van der Waals surface area contributed by atoms with Crippen LogP contribution in [0.1, 0.15) is 18.4 Å². The Hall–Kier alpha value is -1.83. The van der Waals surface area contributed by atoms with Gasteiger partial charge in [-0.3, -0.25) is 4.79 Å². The second-order valence-corrected chi connectivity index (χ2v) is 3.92. The molecule has 0 radical (unpaired) electrons. The average molecular weight is 213 g/mol. The lowest BCUT2D eigenvalue weighted by Crippen LogP contribution is -2.26. The average Bonchev–Trinajstić information content (AvgIpc) is 2.74. The molecule has 2 rings (SSSR count). The predicted molar refractivity (Wildman–Crippen MR) is 65.8 cm³/mol. The van der Waals surface area contributed by atoms with Crippen molar-refractivity contribution in [1.82, 2.24) is 5.32 Å². The van der Waals surface area contributed by atoms with Crippen LogP contribution < -0.4 is 5.32 Å². The van der Waals surface area contributed by atoms with Gasteiger partial charge in [0.15, 0.2) is 0 Å². The summed E-state index contributed by atoms with van der Waals surface area (Å²) in [6.07, 6.45) is 5.38. The van der Waals surface area contributed by atoms with E-state index < -0.39 is 0 Å². The first kappa shape index (κ1) is 10.7. The van der Waals surface area contributed by atoms with Crippen molar-refractivity contribution in [2.45, 2.75) is 18.9 Å². The highest BCUT2D eigenvalue weighted by molar-refractivity contribution is 5.80. The van der Waals surface area contributed by atoms with Crippen LogP contribution in [0.25, 0.3) is 6.08 Å². The number of hydrogen-bond acceptors (Lipinski definition) is 1. The third kappa shape index (κ3) is 2.40. The highest BCUT2D eigenvalue weighted by Crippen LogP contribution is 2.18. The van der Waals surface area contributed by atoms with E-state index in [1.807, 2.05) is 36.4 Å². The van der Waals surface area contributed by atoms with Crippen LogP contribution in [0.4, 0.5) is 0 Å². The fraction of sp³-hybridized carbons (Fsp3) is 0.214. The summed E-state index contributed by atoms with van der Waals surface area (Å²) in [5.41, 5.74) is 2.22. The molecule has 82 valence electrons. The van der Waals surface area contributed by atoms with Crippen LogP contribution in [0.5, 0.6) is 0 Å². The molecule has 1 aliphatic heterocycles. The summed E-state index contributed by atoms with van der Waals surface area (Å²) in [7, 11) is 0. The van der Waals surface area contributed by atoms with Crippen molar-refractivity contribution < 1.29 is 4.79 Å². The Morgan fingerprint density at radius 1 is 1.38 bits per heavy atom. The van der Waals surface area contributed by atoms with Gasteiger partial charge in [0.1, 0.15) is 0 Å². The Balaban J connectivity index is 2.19.